The van der Waals surface area contributed by atoms with Gasteiger partial charge in [0, 0.05) is 13.1 Å². The van der Waals surface area contributed by atoms with Crippen molar-refractivity contribution >= 4 is 16.0 Å². The van der Waals surface area contributed by atoms with Crippen LogP contribution in [0.1, 0.15) is 41.3 Å². The summed E-state index contributed by atoms with van der Waals surface area (Å²) in [6.07, 6.45) is 1.71. The number of esters is 1. The Balaban J connectivity index is 1.80. The van der Waals surface area contributed by atoms with E-state index in [1.54, 1.807) is 24.3 Å². The van der Waals surface area contributed by atoms with Gasteiger partial charge in [0.15, 0.2) is 0 Å². The predicted octanol–water partition coefficient (Wildman–Crippen LogP) is 3.94. The molecule has 0 spiro atoms. The molecule has 6 heteroatoms. The maximum absolute atomic E-state index is 12.9. The maximum atomic E-state index is 12.9. The van der Waals surface area contributed by atoms with Crippen LogP contribution >= 0.6 is 0 Å². The van der Waals surface area contributed by atoms with Crippen LogP contribution in [0.25, 0.3) is 0 Å². The molecule has 0 radical (unpaired) electrons. The Kier molecular flexibility index (Phi) is 5.67. The third-order valence-electron chi connectivity index (χ3n) is 5.14. The van der Waals surface area contributed by atoms with Crippen molar-refractivity contribution in [1.82, 2.24) is 4.31 Å². The summed E-state index contributed by atoms with van der Waals surface area (Å²) in [6.45, 7) is 7.09. The Hall–Kier alpha value is -2.18. The van der Waals surface area contributed by atoms with Crippen molar-refractivity contribution in [1.29, 1.82) is 0 Å². The monoisotopic (exact) mass is 387 g/mol. The topological polar surface area (TPSA) is 63.7 Å². The van der Waals surface area contributed by atoms with E-state index in [2.05, 4.69) is 6.92 Å². The third-order valence-corrected chi connectivity index (χ3v) is 7.03. The SMILES string of the molecule is Cc1ccc(OC(=O)c2cccc(S(=O)(=O)N3CCC(C)CC3)c2)cc1C. The number of sulfonamides is 1. The highest BCUT2D eigenvalue weighted by Gasteiger charge is 2.28. The second-order valence-electron chi connectivity index (χ2n) is 7.25. The molecule has 3 rings (SSSR count). The first-order valence-corrected chi connectivity index (χ1v) is 10.6. The fourth-order valence-electron chi connectivity index (χ4n) is 3.10. The second kappa shape index (κ2) is 7.82. The van der Waals surface area contributed by atoms with Gasteiger partial charge in [-0.05, 0) is 74.1 Å². The van der Waals surface area contributed by atoms with E-state index in [-0.39, 0.29) is 10.5 Å². The lowest BCUT2D eigenvalue weighted by atomic mass is 10.0. The number of hydrogen-bond acceptors (Lipinski definition) is 4. The van der Waals surface area contributed by atoms with Gasteiger partial charge in [-0.25, -0.2) is 13.2 Å². The summed E-state index contributed by atoms with van der Waals surface area (Å²) in [4.78, 5) is 12.6. The summed E-state index contributed by atoms with van der Waals surface area (Å²) in [5.74, 6) is 0.416. The number of ether oxygens (including phenoxy) is 1. The van der Waals surface area contributed by atoms with Gasteiger partial charge in [-0.1, -0.05) is 19.1 Å². The fourth-order valence-corrected chi connectivity index (χ4v) is 4.62. The van der Waals surface area contributed by atoms with Gasteiger partial charge in [-0.2, -0.15) is 4.31 Å². The molecule has 0 atom stereocenters. The average molecular weight is 388 g/mol. The summed E-state index contributed by atoms with van der Waals surface area (Å²) >= 11 is 0. The molecule has 0 bridgehead atoms. The summed E-state index contributed by atoms with van der Waals surface area (Å²) in [5, 5.41) is 0. The van der Waals surface area contributed by atoms with Crippen LogP contribution in [0.15, 0.2) is 47.4 Å². The largest absolute Gasteiger partial charge is 0.423 e. The molecular formula is C21H25NO4S. The van der Waals surface area contributed by atoms with Crippen molar-refractivity contribution in [3.05, 3.63) is 59.2 Å². The van der Waals surface area contributed by atoms with Gasteiger partial charge in [0.1, 0.15) is 5.75 Å². The molecule has 0 unspecified atom stereocenters. The van der Waals surface area contributed by atoms with E-state index < -0.39 is 16.0 Å². The molecule has 2 aromatic carbocycles. The summed E-state index contributed by atoms with van der Waals surface area (Å²) < 4.78 is 32.7. The lowest BCUT2D eigenvalue weighted by molar-refractivity contribution is 0.0734. The highest BCUT2D eigenvalue weighted by Crippen LogP contribution is 2.24. The van der Waals surface area contributed by atoms with Crippen LogP contribution in [-0.4, -0.2) is 31.8 Å². The molecule has 1 aliphatic heterocycles. The van der Waals surface area contributed by atoms with E-state index in [0.717, 1.165) is 24.0 Å². The van der Waals surface area contributed by atoms with Crippen LogP contribution in [0.3, 0.4) is 0 Å². The molecule has 5 nitrogen and oxygen atoms in total. The molecule has 0 N–H and O–H groups in total. The lowest BCUT2D eigenvalue weighted by Crippen LogP contribution is -2.37. The lowest BCUT2D eigenvalue weighted by Gasteiger charge is -2.29. The van der Waals surface area contributed by atoms with Crippen LogP contribution < -0.4 is 4.74 Å². The van der Waals surface area contributed by atoms with E-state index in [9.17, 15) is 13.2 Å². The molecule has 0 aliphatic carbocycles. The highest BCUT2D eigenvalue weighted by atomic mass is 32.2. The number of hydrogen-bond donors (Lipinski definition) is 0. The van der Waals surface area contributed by atoms with E-state index in [1.807, 2.05) is 19.9 Å². The third kappa shape index (κ3) is 4.39. The van der Waals surface area contributed by atoms with E-state index >= 15 is 0 Å². The predicted molar refractivity (Wildman–Crippen MR) is 104 cm³/mol. The van der Waals surface area contributed by atoms with Gasteiger partial charge in [-0.3, -0.25) is 0 Å². The first-order valence-electron chi connectivity index (χ1n) is 9.17. The van der Waals surface area contributed by atoms with Crippen molar-refractivity contribution in [3.8, 4) is 5.75 Å². The van der Waals surface area contributed by atoms with E-state index in [0.29, 0.717) is 24.8 Å². The molecule has 2 aromatic rings. The number of benzene rings is 2. The zero-order chi connectivity index (χ0) is 19.6. The average Bonchev–Trinajstić information content (AvgIpc) is 2.65. The number of carbonyl (C=O) groups excluding carboxylic acids is 1. The minimum Gasteiger partial charge on any atom is -0.423 e. The normalized spacial score (nSPS) is 16.3. The molecule has 0 amide bonds. The molecular weight excluding hydrogens is 362 g/mol. The minimum atomic E-state index is -3.60. The van der Waals surface area contributed by atoms with Gasteiger partial charge in [0.05, 0.1) is 10.5 Å². The van der Waals surface area contributed by atoms with E-state index in [1.165, 1.54) is 16.4 Å². The number of piperidine rings is 1. The summed E-state index contributed by atoms with van der Waals surface area (Å²) in [5.41, 5.74) is 2.36. The van der Waals surface area contributed by atoms with Crippen molar-refractivity contribution in [2.45, 2.75) is 38.5 Å². The summed E-state index contributed by atoms with van der Waals surface area (Å²) in [6, 6.07) is 11.5. The van der Waals surface area contributed by atoms with Gasteiger partial charge >= 0.3 is 5.97 Å². The van der Waals surface area contributed by atoms with Crippen molar-refractivity contribution < 1.29 is 17.9 Å². The smallest absolute Gasteiger partial charge is 0.343 e. The van der Waals surface area contributed by atoms with Crippen molar-refractivity contribution in [2.75, 3.05) is 13.1 Å². The van der Waals surface area contributed by atoms with Gasteiger partial charge in [-0.15, -0.1) is 0 Å². The second-order valence-corrected chi connectivity index (χ2v) is 9.19. The Morgan fingerprint density at radius 3 is 2.41 bits per heavy atom. The number of carbonyl (C=O) groups is 1. The number of aryl methyl sites for hydroxylation is 2. The van der Waals surface area contributed by atoms with Crippen molar-refractivity contribution in [2.24, 2.45) is 5.92 Å². The van der Waals surface area contributed by atoms with Crippen LogP contribution in [-0.2, 0) is 10.0 Å². The Bertz CT molecular complexity index is 944. The Morgan fingerprint density at radius 1 is 1.04 bits per heavy atom. The minimum absolute atomic E-state index is 0.131. The molecule has 0 saturated carbocycles. The first-order chi connectivity index (χ1) is 12.8. The van der Waals surface area contributed by atoms with Gasteiger partial charge in [0.25, 0.3) is 0 Å². The fraction of sp³-hybridized carbons (Fsp3) is 0.381. The molecule has 1 saturated heterocycles. The molecule has 1 heterocycles. The van der Waals surface area contributed by atoms with Gasteiger partial charge in [0.2, 0.25) is 10.0 Å². The molecule has 1 fully saturated rings. The van der Waals surface area contributed by atoms with Crippen LogP contribution in [0.4, 0.5) is 0 Å². The Labute approximate surface area is 161 Å². The maximum Gasteiger partial charge on any atom is 0.343 e. The van der Waals surface area contributed by atoms with Crippen LogP contribution in [0.5, 0.6) is 5.75 Å². The number of nitrogens with zero attached hydrogens (tertiary/aromatic N) is 1. The standard InChI is InChI=1S/C21H25NO4S/c1-15-9-11-22(12-10-15)27(24,25)20-6-4-5-18(14-20)21(23)26-19-8-7-16(2)17(3)13-19/h4-8,13-15H,9-12H2,1-3H3. The summed E-state index contributed by atoms with van der Waals surface area (Å²) in [7, 11) is -3.60. The van der Waals surface area contributed by atoms with Crippen LogP contribution in [0, 0.1) is 19.8 Å². The first kappa shape index (κ1) is 19.6. The molecule has 1 aliphatic rings. The zero-order valence-electron chi connectivity index (χ0n) is 15.9. The highest BCUT2D eigenvalue weighted by molar-refractivity contribution is 7.89. The van der Waals surface area contributed by atoms with Crippen LogP contribution in [0.2, 0.25) is 0 Å². The molecule has 144 valence electrons. The quantitative estimate of drug-likeness (QED) is 0.589. The van der Waals surface area contributed by atoms with Crippen molar-refractivity contribution in [3.63, 3.8) is 0 Å². The number of rotatable bonds is 4. The zero-order valence-corrected chi connectivity index (χ0v) is 16.8. The molecule has 27 heavy (non-hydrogen) atoms. The van der Waals surface area contributed by atoms with Gasteiger partial charge < -0.3 is 4.74 Å². The molecule has 0 aromatic heterocycles. The Morgan fingerprint density at radius 2 is 1.74 bits per heavy atom. The van der Waals surface area contributed by atoms with E-state index in [4.69, 9.17) is 4.74 Å².